The van der Waals surface area contributed by atoms with Gasteiger partial charge in [0, 0.05) is 5.92 Å². The Hall–Kier alpha value is -1.06. The van der Waals surface area contributed by atoms with Gasteiger partial charge in [-0.25, -0.2) is 4.79 Å². The zero-order valence-corrected chi connectivity index (χ0v) is 12.2. The number of amides is 1. The lowest BCUT2D eigenvalue weighted by atomic mass is 9.88. The Kier molecular flexibility index (Phi) is 7.53. The first kappa shape index (κ1) is 16.0. The van der Waals surface area contributed by atoms with Crippen LogP contribution in [0.2, 0.25) is 0 Å². The monoisotopic (exact) mass is 269 g/mol. The van der Waals surface area contributed by atoms with E-state index in [1.54, 1.807) is 6.92 Å². The standard InChI is InChI=1S/C15H27NO3/c1-3-4-8-11-19-15(18)12(2)16-14(17)13-9-6-5-7-10-13/h12-13H,3-11H2,1-2H3,(H,16,17)/t12-/m0/s1. The second kappa shape index (κ2) is 8.94. The number of unbranched alkanes of at least 4 members (excludes halogenated alkanes) is 2. The molecule has 1 saturated carbocycles. The molecule has 1 atom stereocenters. The van der Waals surface area contributed by atoms with Crippen LogP contribution in [0, 0.1) is 5.92 Å². The molecule has 1 N–H and O–H groups in total. The first-order valence-corrected chi connectivity index (χ1v) is 7.62. The van der Waals surface area contributed by atoms with E-state index in [1.165, 1.54) is 6.42 Å². The van der Waals surface area contributed by atoms with Gasteiger partial charge in [-0.1, -0.05) is 39.0 Å². The molecule has 0 radical (unpaired) electrons. The molecule has 0 bridgehead atoms. The van der Waals surface area contributed by atoms with Crippen molar-refractivity contribution in [3.05, 3.63) is 0 Å². The lowest BCUT2D eigenvalue weighted by Gasteiger charge is -2.22. The number of hydrogen-bond donors (Lipinski definition) is 1. The molecule has 0 aromatic carbocycles. The minimum absolute atomic E-state index is 0.0118. The third-order valence-electron chi connectivity index (χ3n) is 3.68. The van der Waals surface area contributed by atoms with Crippen LogP contribution in [0.3, 0.4) is 0 Å². The average molecular weight is 269 g/mol. The van der Waals surface area contributed by atoms with Crippen LogP contribution >= 0.6 is 0 Å². The second-order valence-electron chi connectivity index (χ2n) is 5.44. The summed E-state index contributed by atoms with van der Waals surface area (Å²) >= 11 is 0. The number of carbonyl (C=O) groups is 2. The zero-order chi connectivity index (χ0) is 14.1. The van der Waals surface area contributed by atoms with Gasteiger partial charge in [-0.15, -0.1) is 0 Å². The Bertz CT molecular complexity index is 285. The molecule has 0 spiro atoms. The maximum Gasteiger partial charge on any atom is 0.328 e. The lowest BCUT2D eigenvalue weighted by molar-refractivity contribution is -0.148. The van der Waals surface area contributed by atoms with Gasteiger partial charge in [0.05, 0.1) is 6.61 Å². The molecule has 4 nitrogen and oxygen atoms in total. The van der Waals surface area contributed by atoms with Gasteiger partial charge in [0.25, 0.3) is 0 Å². The molecular weight excluding hydrogens is 242 g/mol. The molecule has 0 aromatic rings. The van der Waals surface area contributed by atoms with Crippen LogP contribution in [0.5, 0.6) is 0 Å². The van der Waals surface area contributed by atoms with Crippen LogP contribution in [-0.4, -0.2) is 24.5 Å². The average Bonchev–Trinajstić information content (AvgIpc) is 2.44. The Morgan fingerprint density at radius 2 is 1.89 bits per heavy atom. The van der Waals surface area contributed by atoms with E-state index in [0.717, 1.165) is 44.9 Å². The highest BCUT2D eigenvalue weighted by Gasteiger charge is 2.24. The summed E-state index contributed by atoms with van der Waals surface area (Å²) in [4.78, 5) is 23.7. The minimum Gasteiger partial charge on any atom is -0.464 e. The normalized spacial score (nSPS) is 17.8. The smallest absolute Gasteiger partial charge is 0.328 e. The maximum atomic E-state index is 12.0. The molecule has 1 aliphatic rings. The van der Waals surface area contributed by atoms with E-state index >= 15 is 0 Å². The quantitative estimate of drug-likeness (QED) is 0.571. The highest BCUT2D eigenvalue weighted by Crippen LogP contribution is 2.23. The van der Waals surface area contributed by atoms with Gasteiger partial charge in [0.2, 0.25) is 5.91 Å². The van der Waals surface area contributed by atoms with E-state index in [1.807, 2.05) is 0 Å². The van der Waals surface area contributed by atoms with E-state index < -0.39 is 6.04 Å². The van der Waals surface area contributed by atoms with Gasteiger partial charge >= 0.3 is 5.97 Å². The van der Waals surface area contributed by atoms with Crippen molar-refractivity contribution >= 4 is 11.9 Å². The number of carbonyl (C=O) groups excluding carboxylic acids is 2. The Morgan fingerprint density at radius 3 is 2.53 bits per heavy atom. The Morgan fingerprint density at radius 1 is 1.21 bits per heavy atom. The summed E-state index contributed by atoms with van der Waals surface area (Å²) in [5.41, 5.74) is 0. The predicted octanol–water partition coefficient (Wildman–Crippen LogP) is 2.80. The number of rotatable bonds is 7. The SMILES string of the molecule is CCCCCOC(=O)[C@H](C)NC(=O)C1CCCCC1. The van der Waals surface area contributed by atoms with E-state index in [0.29, 0.717) is 6.61 Å². The number of nitrogens with one attached hydrogen (secondary N) is 1. The number of ether oxygens (including phenoxy) is 1. The summed E-state index contributed by atoms with van der Waals surface area (Å²) < 4.78 is 5.14. The summed E-state index contributed by atoms with van der Waals surface area (Å²) in [5.74, 6) is -0.220. The molecule has 1 rings (SSSR count). The predicted molar refractivity (Wildman–Crippen MR) is 74.7 cm³/mol. The molecule has 0 aromatic heterocycles. The first-order chi connectivity index (χ1) is 9.15. The van der Waals surface area contributed by atoms with Gasteiger partial charge < -0.3 is 10.1 Å². The minimum atomic E-state index is -0.531. The van der Waals surface area contributed by atoms with Gasteiger partial charge in [0.1, 0.15) is 6.04 Å². The van der Waals surface area contributed by atoms with Gasteiger partial charge in [-0.3, -0.25) is 4.79 Å². The molecule has 0 unspecified atom stereocenters. The molecule has 1 amide bonds. The molecule has 0 aliphatic heterocycles. The van der Waals surface area contributed by atoms with Crippen LogP contribution in [0.4, 0.5) is 0 Å². The van der Waals surface area contributed by atoms with Crippen molar-refractivity contribution in [2.45, 2.75) is 71.3 Å². The highest BCUT2D eigenvalue weighted by atomic mass is 16.5. The molecule has 110 valence electrons. The maximum absolute atomic E-state index is 12.0. The fourth-order valence-electron chi connectivity index (χ4n) is 2.40. The molecule has 1 aliphatic carbocycles. The van der Waals surface area contributed by atoms with E-state index in [-0.39, 0.29) is 17.8 Å². The number of hydrogen-bond acceptors (Lipinski definition) is 3. The van der Waals surface area contributed by atoms with E-state index in [2.05, 4.69) is 12.2 Å². The molecule has 0 saturated heterocycles. The summed E-state index contributed by atoms with van der Waals surface area (Å²) in [6.07, 6.45) is 8.42. The largest absolute Gasteiger partial charge is 0.464 e. The summed E-state index contributed by atoms with van der Waals surface area (Å²) in [7, 11) is 0. The highest BCUT2D eigenvalue weighted by molar-refractivity contribution is 5.85. The van der Waals surface area contributed by atoms with Gasteiger partial charge in [0.15, 0.2) is 0 Å². The lowest BCUT2D eigenvalue weighted by Crippen LogP contribution is -2.43. The molecule has 0 heterocycles. The zero-order valence-electron chi connectivity index (χ0n) is 12.2. The second-order valence-corrected chi connectivity index (χ2v) is 5.44. The van der Waals surface area contributed by atoms with Gasteiger partial charge in [-0.05, 0) is 26.2 Å². The molecule has 19 heavy (non-hydrogen) atoms. The van der Waals surface area contributed by atoms with Crippen molar-refractivity contribution in [3.63, 3.8) is 0 Å². The van der Waals surface area contributed by atoms with Crippen molar-refractivity contribution in [3.8, 4) is 0 Å². The number of esters is 1. The Labute approximate surface area is 116 Å². The topological polar surface area (TPSA) is 55.4 Å². The van der Waals surface area contributed by atoms with Crippen LogP contribution < -0.4 is 5.32 Å². The fourth-order valence-corrected chi connectivity index (χ4v) is 2.40. The van der Waals surface area contributed by atoms with Crippen LogP contribution in [0.15, 0.2) is 0 Å². The molecule has 1 fully saturated rings. The van der Waals surface area contributed by atoms with E-state index in [9.17, 15) is 9.59 Å². The van der Waals surface area contributed by atoms with Crippen molar-refractivity contribution in [2.24, 2.45) is 5.92 Å². The summed E-state index contributed by atoms with van der Waals surface area (Å²) in [6.45, 7) is 4.26. The molecular formula is C15H27NO3. The van der Waals surface area contributed by atoms with E-state index in [4.69, 9.17) is 4.74 Å². The first-order valence-electron chi connectivity index (χ1n) is 7.62. The third kappa shape index (κ3) is 6.08. The van der Waals surface area contributed by atoms with Crippen molar-refractivity contribution in [1.82, 2.24) is 5.32 Å². The van der Waals surface area contributed by atoms with Crippen molar-refractivity contribution in [1.29, 1.82) is 0 Å². The third-order valence-corrected chi connectivity index (χ3v) is 3.68. The Balaban J connectivity index is 2.22. The van der Waals surface area contributed by atoms with Crippen LogP contribution in [0.25, 0.3) is 0 Å². The van der Waals surface area contributed by atoms with Gasteiger partial charge in [-0.2, -0.15) is 0 Å². The van der Waals surface area contributed by atoms with Crippen molar-refractivity contribution in [2.75, 3.05) is 6.61 Å². The summed E-state index contributed by atoms with van der Waals surface area (Å²) in [5, 5.41) is 2.78. The summed E-state index contributed by atoms with van der Waals surface area (Å²) in [6, 6.07) is -0.531. The fraction of sp³-hybridized carbons (Fsp3) is 0.867. The molecule has 4 heteroatoms. The van der Waals surface area contributed by atoms with Crippen LogP contribution in [-0.2, 0) is 14.3 Å². The van der Waals surface area contributed by atoms with Crippen LogP contribution in [0.1, 0.15) is 65.2 Å². The van der Waals surface area contributed by atoms with Crippen molar-refractivity contribution < 1.29 is 14.3 Å².